The van der Waals surface area contributed by atoms with Gasteiger partial charge >= 0.3 is 12.1 Å². The number of ether oxygens (including phenoxy) is 1. The quantitative estimate of drug-likeness (QED) is 0.840. The normalized spacial score (nSPS) is 11.2. The molecule has 100 valence electrons. The van der Waals surface area contributed by atoms with Gasteiger partial charge in [0, 0.05) is 7.05 Å². The van der Waals surface area contributed by atoms with E-state index in [2.05, 4.69) is 10.4 Å². The van der Waals surface area contributed by atoms with E-state index in [1.165, 1.54) is 4.68 Å². The molecule has 1 aromatic rings. The molecule has 0 aliphatic rings. The lowest BCUT2D eigenvalue weighted by molar-refractivity contribution is 0.0635. The van der Waals surface area contributed by atoms with Crippen molar-refractivity contribution < 1.29 is 19.4 Å². The number of carbonyl (C=O) groups is 2. The molecule has 1 rings (SSSR count). The van der Waals surface area contributed by atoms with Crippen molar-refractivity contribution in [3.05, 3.63) is 11.3 Å². The number of hydrogen-bond donors (Lipinski definition) is 2. The number of carboxylic acid groups (broad SMARTS) is 1. The maximum absolute atomic E-state index is 11.5. The summed E-state index contributed by atoms with van der Waals surface area (Å²) in [6.45, 7) is 6.76. The van der Waals surface area contributed by atoms with Crippen molar-refractivity contribution in [3.8, 4) is 0 Å². The summed E-state index contributed by atoms with van der Waals surface area (Å²) >= 11 is 0. The molecule has 0 radical (unpaired) electrons. The SMILES string of the molecule is Cc1c(C(=O)O)c(NC(=O)OC(C)(C)C)nn1C. The van der Waals surface area contributed by atoms with E-state index in [4.69, 9.17) is 9.84 Å². The summed E-state index contributed by atoms with van der Waals surface area (Å²) in [7, 11) is 1.60. The minimum Gasteiger partial charge on any atom is -0.477 e. The lowest BCUT2D eigenvalue weighted by atomic mass is 10.2. The van der Waals surface area contributed by atoms with E-state index in [9.17, 15) is 9.59 Å². The average molecular weight is 255 g/mol. The van der Waals surface area contributed by atoms with Gasteiger partial charge in [0.05, 0.1) is 5.69 Å². The molecule has 18 heavy (non-hydrogen) atoms. The maximum Gasteiger partial charge on any atom is 0.413 e. The monoisotopic (exact) mass is 255 g/mol. The Morgan fingerprint density at radius 1 is 1.39 bits per heavy atom. The number of carbonyl (C=O) groups excluding carboxylic acids is 1. The summed E-state index contributed by atoms with van der Waals surface area (Å²) in [5, 5.41) is 15.3. The number of nitrogens with zero attached hydrogens (tertiary/aromatic N) is 2. The number of aromatic carboxylic acids is 1. The third kappa shape index (κ3) is 3.22. The fraction of sp³-hybridized carbons (Fsp3) is 0.545. The van der Waals surface area contributed by atoms with Crippen LogP contribution in [0.3, 0.4) is 0 Å². The number of aromatic nitrogens is 2. The van der Waals surface area contributed by atoms with Crippen LogP contribution >= 0.6 is 0 Å². The summed E-state index contributed by atoms with van der Waals surface area (Å²) < 4.78 is 6.42. The number of rotatable bonds is 2. The number of carboxylic acids is 1. The summed E-state index contributed by atoms with van der Waals surface area (Å²) in [4.78, 5) is 22.6. The largest absolute Gasteiger partial charge is 0.477 e. The van der Waals surface area contributed by atoms with Gasteiger partial charge in [-0.25, -0.2) is 9.59 Å². The summed E-state index contributed by atoms with van der Waals surface area (Å²) in [6, 6.07) is 0. The Morgan fingerprint density at radius 2 is 1.94 bits per heavy atom. The molecule has 0 unspecified atom stereocenters. The third-order valence-electron chi connectivity index (χ3n) is 2.17. The molecule has 1 heterocycles. The van der Waals surface area contributed by atoms with Gasteiger partial charge in [0.2, 0.25) is 0 Å². The van der Waals surface area contributed by atoms with Gasteiger partial charge in [-0.05, 0) is 27.7 Å². The molecule has 0 aliphatic heterocycles. The lowest BCUT2D eigenvalue weighted by Gasteiger charge is -2.19. The smallest absolute Gasteiger partial charge is 0.413 e. The number of aryl methyl sites for hydroxylation is 1. The zero-order chi connectivity index (χ0) is 14.1. The molecular formula is C11H17N3O4. The first-order chi connectivity index (χ1) is 8.11. The number of anilines is 1. The van der Waals surface area contributed by atoms with Crippen molar-refractivity contribution in [2.45, 2.75) is 33.3 Å². The Bertz CT molecular complexity index is 485. The van der Waals surface area contributed by atoms with E-state index >= 15 is 0 Å². The summed E-state index contributed by atoms with van der Waals surface area (Å²) in [5.41, 5.74) is -0.242. The summed E-state index contributed by atoms with van der Waals surface area (Å²) in [5.74, 6) is -1.16. The summed E-state index contributed by atoms with van der Waals surface area (Å²) in [6.07, 6.45) is -0.733. The molecule has 0 aromatic carbocycles. The van der Waals surface area contributed by atoms with Crippen LogP contribution in [-0.4, -0.2) is 32.6 Å². The van der Waals surface area contributed by atoms with Gasteiger partial charge < -0.3 is 9.84 Å². The van der Waals surface area contributed by atoms with Crippen LogP contribution in [0.2, 0.25) is 0 Å². The highest BCUT2D eigenvalue weighted by Gasteiger charge is 2.23. The third-order valence-corrected chi connectivity index (χ3v) is 2.17. The van der Waals surface area contributed by atoms with Crippen LogP contribution in [0.4, 0.5) is 10.6 Å². The number of hydrogen-bond acceptors (Lipinski definition) is 4. The Balaban J connectivity index is 2.95. The van der Waals surface area contributed by atoms with Crippen LogP contribution < -0.4 is 5.32 Å². The predicted octanol–water partition coefficient (Wildman–Crippen LogP) is 1.77. The Hall–Kier alpha value is -2.05. The van der Waals surface area contributed by atoms with E-state index in [0.717, 1.165) is 0 Å². The lowest BCUT2D eigenvalue weighted by Crippen LogP contribution is -2.27. The van der Waals surface area contributed by atoms with Gasteiger partial charge in [-0.15, -0.1) is 0 Å². The van der Waals surface area contributed by atoms with Crippen LogP contribution in [0, 0.1) is 6.92 Å². The van der Waals surface area contributed by atoms with Gasteiger partial charge in [0.15, 0.2) is 5.82 Å². The molecule has 0 saturated carbocycles. The van der Waals surface area contributed by atoms with E-state index in [1.54, 1.807) is 34.7 Å². The van der Waals surface area contributed by atoms with Crippen molar-refractivity contribution in [2.24, 2.45) is 7.05 Å². The highest BCUT2D eigenvalue weighted by molar-refractivity contribution is 5.98. The van der Waals surface area contributed by atoms with E-state index < -0.39 is 17.7 Å². The molecule has 7 heteroatoms. The predicted molar refractivity (Wildman–Crippen MR) is 64.8 cm³/mol. The molecule has 0 aliphatic carbocycles. The molecule has 7 nitrogen and oxygen atoms in total. The fourth-order valence-electron chi connectivity index (χ4n) is 1.35. The second-order valence-corrected chi connectivity index (χ2v) is 4.86. The zero-order valence-electron chi connectivity index (χ0n) is 11.1. The molecule has 1 aromatic heterocycles. The highest BCUT2D eigenvalue weighted by atomic mass is 16.6. The van der Waals surface area contributed by atoms with Crippen LogP contribution in [-0.2, 0) is 11.8 Å². The fourth-order valence-corrected chi connectivity index (χ4v) is 1.35. The van der Waals surface area contributed by atoms with E-state index in [-0.39, 0.29) is 11.4 Å². The van der Waals surface area contributed by atoms with Gasteiger partial charge in [0.25, 0.3) is 0 Å². The molecular weight excluding hydrogens is 238 g/mol. The van der Waals surface area contributed by atoms with Crippen molar-refractivity contribution in [2.75, 3.05) is 5.32 Å². The molecule has 0 fully saturated rings. The van der Waals surface area contributed by atoms with Crippen LogP contribution in [0.15, 0.2) is 0 Å². The van der Waals surface area contributed by atoms with Crippen LogP contribution in [0.5, 0.6) is 0 Å². The molecule has 2 N–H and O–H groups in total. The zero-order valence-corrected chi connectivity index (χ0v) is 11.1. The minimum atomic E-state index is -1.15. The standard InChI is InChI=1S/C11H17N3O4/c1-6-7(9(15)16)8(13-14(6)5)12-10(17)18-11(2,3)4/h1-5H3,(H,15,16)(H,12,13,17). The van der Waals surface area contributed by atoms with Crippen LogP contribution in [0.25, 0.3) is 0 Å². The first-order valence-corrected chi connectivity index (χ1v) is 5.38. The highest BCUT2D eigenvalue weighted by Crippen LogP contribution is 2.19. The average Bonchev–Trinajstić information content (AvgIpc) is 2.38. The molecule has 0 spiro atoms. The van der Waals surface area contributed by atoms with Crippen LogP contribution in [0.1, 0.15) is 36.8 Å². The molecule has 1 amide bonds. The first kappa shape index (κ1) is 14.0. The molecule has 0 bridgehead atoms. The van der Waals surface area contributed by atoms with Crippen molar-refractivity contribution in [1.82, 2.24) is 9.78 Å². The maximum atomic E-state index is 11.5. The second-order valence-electron chi connectivity index (χ2n) is 4.86. The van der Waals surface area contributed by atoms with Crippen molar-refractivity contribution in [1.29, 1.82) is 0 Å². The Kier molecular flexibility index (Phi) is 3.64. The van der Waals surface area contributed by atoms with Gasteiger partial charge in [-0.2, -0.15) is 5.10 Å². The van der Waals surface area contributed by atoms with Gasteiger partial charge in [0.1, 0.15) is 11.2 Å². The topological polar surface area (TPSA) is 93.5 Å². The van der Waals surface area contributed by atoms with E-state index in [1.807, 2.05) is 0 Å². The molecule has 0 atom stereocenters. The number of nitrogens with one attached hydrogen (secondary N) is 1. The Morgan fingerprint density at radius 3 is 2.39 bits per heavy atom. The Labute approximate surface area is 105 Å². The minimum absolute atomic E-state index is 0.0169. The van der Waals surface area contributed by atoms with Crippen molar-refractivity contribution >= 4 is 17.9 Å². The molecule has 0 saturated heterocycles. The number of amides is 1. The van der Waals surface area contributed by atoms with E-state index in [0.29, 0.717) is 5.69 Å². The second kappa shape index (κ2) is 4.67. The van der Waals surface area contributed by atoms with Gasteiger partial charge in [-0.1, -0.05) is 0 Å². The van der Waals surface area contributed by atoms with Crippen molar-refractivity contribution in [3.63, 3.8) is 0 Å². The van der Waals surface area contributed by atoms with Gasteiger partial charge in [-0.3, -0.25) is 10.00 Å². The first-order valence-electron chi connectivity index (χ1n) is 5.38.